The highest BCUT2D eigenvalue weighted by Crippen LogP contribution is 2.32. The SMILES string of the molecule is CCN1CCOC(COc2c(C#N)oc3ccccc23)C1. The first-order valence-electron chi connectivity index (χ1n) is 7.20. The Balaban J connectivity index is 1.74. The summed E-state index contributed by atoms with van der Waals surface area (Å²) in [5.41, 5.74) is 0.670. The van der Waals surface area contributed by atoms with Gasteiger partial charge in [0.25, 0.3) is 0 Å². The van der Waals surface area contributed by atoms with Gasteiger partial charge >= 0.3 is 0 Å². The molecule has 1 atom stereocenters. The van der Waals surface area contributed by atoms with Crippen LogP contribution in [0.2, 0.25) is 0 Å². The van der Waals surface area contributed by atoms with E-state index in [4.69, 9.17) is 13.9 Å². The van der Waals surface area contributed by atoms with Crippen LogP contribution in [0.15, 0.2) is 28.7 Å². The molecule has 1 aliphatic rings. The maximum Gasteiger partial charge on any atom is 0.246 e. The van der Waals surface area contributed by atoms with Gasteiger partial charge in [0.2, 0.25) is 5.76 Å². The number of nitrogens with zero attached hydrogens (tertiary/aromatic N) is 2. The van der Waals surface area contributed by atoms with Gasteiger partial charge in [0.05, 0.1) is 12.0 Å². The van der Waals surface area contributed by atoms with Crippen molar-refractivity contribution >= 4 is 11.0 Å². The van der Waals surface area contributed by atoms with E-state index in [9.17, 15) is 5.26 Å². The lowest BCUT2D eigenvalue weighted by Gasteiger charge is -2.31. The van der Waals surface area contributed by atoms with E-state index >= 15 is 0 Å². The number of nitriles is 1. The lowest BCUT2D eigenvalue weighted by atomic mass is 10.2. The Bertz CT molecular complexity index is 659. The number of para-hydroxylation sites is 1. The van der Waals surface area contributed by atoms with Crippen molar-refractivity contribution in [2.75, 3.05) is 32.8 Å². The summed E-state index contributed by atoms with van der Waals surface area (Å²) in [5, 5.41) is 10.0. The number of likely N-dealkylation sites (N-methyl/N-ethyl adjacent to an activating group) is 1. The van der Waals surface area contributed by atoms with Gasteiger partial charge in [-0.1, -0.05) is 19.1 Å². The maximum atomic E-state index is 9.17. The predicted octanol–water partition coefficient (Wildman–Crippen LogP) is 2.40. The molecule has 110 valence electrons. The fourth-order valence-electron chi connectivity index (χ4n) is 2.58. The van der Waals surface area contributed by atoms with E-state index in [-0.39, 0.29) is 11.9 Å². The second-order valence-electron chi connectivity index (χ2n) is 5.07. The van der Waals surface area contributed by atoms with E-state index in [1.165, 1.54) is 0 Å². The van der Waals surface area contributed by atoms with E-state index in [1.54, 1.807) is 0 Å². The summed E-state index contributed by atoms with van der Waals surface area (Å²) in [6.45, 7) is 6.12. The molecule has 1 unspecified atom stereocenters. The van der Waals surface area contributed by atoms with Gasteiger partial charge in [-0.3, -0.25) is 4.90 Å². The molecule has 1 fully saturated rings. The molecule has 0 N–H and O–H groups in total. The summed E-state index contributed by atoms with van der Waals surface area (Å²) in [7, 11) is 0. The Kier molecular flexibility index (Phi) is 4.09. The Morgan fingerprint density at radius 3 is 3.10 bits per heavy atom. The van der Waals surface area contributed by atoms with Crippen molar-refractivity contribution in [1.82, 2.24) is 4.90 Å². The molecule has 0 spiro atoms. The standard InChI is InChI=1S/C16H18N2O3/c1-2-18-7-8-19-12(10-18)11-20-16-13-5-3-4-6-14(13)21-15(16)9-17/h3-6,12H,2,7-8,10-11H2,1H3. The van der Waals surface area contributed by atoms with E-state index in [1.807, 2.05) is 30.3 Å². The van der Waals surface area contributed by atoms with Crippen LogP contribution in [0.25, 0.3) is 11.0 Å². The molecule has 0 aliphatic carbocycles. The summed E-state index contributed by atoms with van der Waals surface area (Å²) in [5.74, 6) is 0.740. The van der Waals surface area contributed by atoms with Gasteiger partial charge in [-0.15, -0.1) is 0 Å². The minimum Gasteiger partial charge on any atom is -0.485 e. The van der Waals surface area contributed by atoms with Crippen LogP contribution in [0.3, 0.4) is 0 Å². The molecule has 0 bridgehead atoms. The van der Waals surface area contributed by atoms with Crippen LogP contribution in [0, 0.1) is 11.3 Å². The van der Waals surface area contributed by atoms with Crippen LogP contribution < -0.4 is 4.74 Å². The molecule has 1 aromatic carbocycles. The average Bonchev–Trinajstić information content (AvgIpc) is 2.91. The molecule has 1 aromatic heterocycles. The van der Waals surface area contributed by atoms with Crippen LogP contribution >= 0.6 is 0 Å². The van der Waals surface area contributed by atoms with Gasteiger partial charge < -0.3 is 13.9 Å². The largest absolute Gasteiger partial charge is 0.485 e. The van der Waals surface area contributed by atoms with Crippen LogP contribution in [0.5, 0.6) is 5.75 Å². The zero-order valence-corrected chi connectivity index (χ0v) is 12.0. The molecule has 0 saturated carbocycles. The third-order valence-electron chi connectivity index (χ3n) is 3.74. The van der Waals surface area contributed by atoms with Crippen molar-refractivity contribution in [1.29, 1.82) is 5.26 Å². The summed E-state index contributed by atoms with van der Waals surface area (Å²) >= 11 is 0. The molecule has 5 heteroatoms. The van der Waals surface area contributed by atoms with Crippen molar-refractivity contribution in [3.63, 3.8) is 0 Å². The normalized spacial score (nSPS) is 19.5. The minimum atomic E-state index is 0.0268. The summed E-state index contributed by atoms with van der Waals surface area (Å²) in [6, 6.07) is 9.56. The van der Waals surface area contributed by atoms with Gasteiger partial charge in [0.15, 0.2) is 5.75 Å². The van der Waals surface area contributed by atoms with Gasteiger partial charge in [-0.25, -0.2) is 0 Å². The zero-order chi connectivity index (χ0) is 14.7. The molecule has 0 radical (unpaired) electrons. The Morgan fingerprint density at radius 2 is 2.29 bits per heavy atom. The molecule has 2 heterocycles. The number of hydrogen-bond acceptors (Lipinski definition) is 5. The highest BCUT2D eigenvalue weighted by atomic mass is 16.5. The summed E-state index contributed by atoms with van der Waals surface area (Å²) < 4.78 is 17.1. The molecule has 5 nitrogen and oxygen atoms in total. The fourth-order valence-corrected chi connectivity index (χ4v) is 2.58. The first kappa shape index (κ1) is 13.9. The van der Waals surface area contributed by atoms with Crippen molar-refractivity contribution in [2.45, 2.75) is 13.0 Å². The first-order chi connectivity index (χ1) is 10.3. The van der Waals surface area contributed by atoms with Crippen molar-refractivity contribution in [3.05, 3.63) is 30.0 Å². The Labute approximate surface area is 123 Å². The van der Waals surface area contributed by atoms with Crippen molar-refractivity contribution in [3.8, 4) is 11.8 Å². The number of benzene rings is 1. The van der Waals surface area contributed by atoms with Crippen LogP contribution in [-0.2, 0) is 4.74 Å². The van der Waals surface area contributed by atoms with E-state index < -0.39 is 0 Å². The van der Waals surface area contributed by atoms with Gasteiger partial charge in [0, 0.05) is 13.1 Å². The van der Waals surface area contributed by atoms with Gasteiger partial charge in [-0.2, -0.15) is 5.26 Å². The molecule has 0 amide bonds. The second-order valence-corrected chi connectivity index (χ2v) is 5.07. The number of furan rings is 1. The highest BCUT2D eigenvalue weighted by molar-refractivity contribution is 5.86. The second kappa shape index (κ2) is 6.17. The molecule has 21 heavy (non-hydrogen) atoms. The minimum absolute atomic E-state index is 0.0268. The number of morpholine rings is 1. The molecule has 2 aromatic rings. The van der Waals surface area contributed by atoms with Crippen LogP contribution in [-0.4, -0.2) is 43.9 Å². The number of hydrogen-bond donors (Lipinski definition) is 0. The van der Waals surface area contributed by atoms with Crippen LogP contribution in [0.1, 0.15) is 12.7 Å². The quantitative estimate of drug-likeness (QED) is 0.863. The smallest absolute Gasteiger partial charge is 0.246 e. The van der Waals surface area contributed by atoms with Gasteiger partial charge in [0.1, 0.15) is 24.4 Å². The Morgan fingerprint density at radius 1 is 1.43 bits per heavy atom. The van der Waals surface area contributed by atoms with Gasteiger partial charge in [-0.05, 0) is 18.7 Å². The van der Waals surface area contributed by atoms with E-state index in [0.717, 1.165) is 31.6 Å². The Hall–Kier alpha value is -2.03. The van der Waals surface area contributed by atoms with Crippen LogP contribution in [0.4, 0.5) is 0 Å². The molecule has 1 saturated heterocycles. The zero-order valence-electron chi connectivity index (χ0n) is 12.0. The number of rotatable bonds is 4. The summed E-state index contributed by atoms with van der Waals surface area (Å²) in [6.07, 6.45) is 0.0268. The number of ether oxygens (including phenoxy) is 2. The van der Waals surface area contributed by atoms with E-state index in [0.29, 0.717) is 17.9 Å². The monoisotopic (exact) mass is 286 g/mol. The third-order valence-corrected chi connectivity index (χ3v) is 3.74. The van der Waals surface area contributed by atoms with E-state index in [2.05, 4.69) is 11.8 Å². The molecule has 1 aliphatic heterocycles. The molecular formula is C16H18N2O3. The average molecular weight is 286 g/mol. The topological polar surface area (TPSA) is 58.6 Å². The predicted molar refractivity (Wildman–Crippen MR) is 78.3 cm³/mol. The molecule has 3 rings (SSSR count). The van der Waals surface area contributed by atoms with Crippen molar-refractivity contribution < 1.29 is 13.9 Å². The van der Waals surface area contributed by atoms with Crippen molar-refractivity contribution in [2.24, 2.45) is 0 Å². The molecular weight excluding hydrogens is 268 g/mol. The lowest BCUT2D eigenvalue weighted by Crippen LogP contribution is -2.44. The maximum absolute atomic E-state index is 9.17. The fraction of sp³-hybridized carbons (Fsp3) is 0.438. The lowest BCUT2D eigenvalue weighted by molar-refractivity contribution is -0.0463. The highest BCUT2D eigenvalue weighted by Gasteiger charge is 2.22. The first-order valence-corrected chi connectivity index (χ1v) is 7.20. The number of fused-ring (bicyclic) bond motifs is 1. The summed E-state index contributed by atoms with van der Waals surface area (Å²) in [4.78, 5) is 2.33. The third kappa shape index (κ3) is 2.87.